The van der Waals surface area contributed by atoms with E-state index in [1.807, 2.05) is 62.3 Å². The van der Waals surface area contributed by atoms with Crippen molar-refractivity contribution < 1.29 is 53.2 Å². The van der Waals surface area contributed by atoms with Crippen LogP contribution in [0.1, 0.15) is 148 Å². The topological polar surface area (TPSA) is 288 Å². The first-order chi connectivity index (χ1) is 29.4. The molecule has 0 saturated carbocycles. The lowest BCUT2D eigenvalue weighted by Gasteiger charge is -2.26. The standard InChI is InChI=1S/C23H39N5O7.C20H35N5O4.2CH4/c1-22(2,3)18(29)13-34-14-20(31)35-15-28-12-16(26-27-28)11-19(30)24-10-8-7-9-17(21(32)33)25-23(4,5)6;1-19(2,3)16(26)13-25-12-14(23-24-25)11-17(27)21-10-8-7-9-15(18(28)29)22-20(4,5)6;;/h12,17,25H,7-11,13-15H2,1-6H3,(H,24,30)(H,32,33);12,15,22H,7-11,13H2,1-6H3,(H,21,27)(H,28,29);2*1H4/t17-;15-;;/m11../s1. The fraction of sp³-hybridized carbons (Fsp3) is 0.756. The molecule has 378 valence electrons. The predicted molar refractivity (Wildman–Crippen MR) is 249 cm³/mol. The average molecular weight is 939 g/mol. The molecular formula is C45H82N10O11. The normalized spacial score (nSPS) is 12.5. The Morgan fingerprint density at radius 2 is 1.02 bits per heavy atom. The fourth-order valence-electron chi connectivity index (χ4n) is 5.40. The summed E-state index contributed by atoms with van der Waals surface area (Å²) in [6.07, 6.45) is 6.84. The molecule has 2 heterocycles. The van der Waals surface area contributed by atoms with Crippen molar-refractivity contribution in [2.24, 2.45) is 10.8 Å². The number of ether oxygens (including phenoxy) is 2. The number of aromatic nitrogens is 6. The SMILES string of the molecule is C.C.CC(C)(C)N[C@H](CCCCNC(=O)Cc1cn(CC(=O)C(C)(C)C)nn1)C(=O)O.CC(C)(C)N[C@H](CCCCNC(=O)Cc1cn(COC(=O)COCC(=O)C(C)(C)C)nn1)C(=O)O. The predicted octanol–water partition coefficient (Wildman–Crippen LogP) is 3.92. The van der Waals surface area contributed by atoms with Gasteiger partial charge in [-0.1, -0.05) is 66.8 Å². The van der Waals surface area contributed by atoms with E-state index in [4.69, 9.17) is 9.47 Å². The molecule has 2 atom stereocenters. The minimum Gasteiger partial charge on any atom is -0.480 e. The van der Waals surface area contributed by atoms with Crippen LogP contribution in [0.25, 0.3) is 0 Å². The van der Waals surface area contributed by atoms with Crippen molar-refractivity contribution >= 4 is 41.3 Å². The quantitative estimate of drug-likeness (QED) is 0.0576. The van der Waals surface area contributed by atoms with Crippen LogP contribution in [0.15, 0.2) is 12.4 Å². The van der Waals surface area contributed by atoms with Crippen molar-refractivity contribution in [1.29, 1.82) is 0 Å². The number of amides is 2. The molecule has 66 heavy (non-hydrogen) atoms. The van der Waals surface area contributed by atoms with Crippen molar-refractivity contribution in [1.82, 2.24) is 51.3 Å². The number of carbonyl (C=O) groups excluding carboxylic acids is 5. The van der Waals surface area contributed by atoms with Gasteiger partial charge in [-0.25, -0.2) is 14.2 Å². The van der Waals surface area contributed by atoms with Crippen molar-refractivity contribution in [2.45, 2.75) is 186 Å². The van der Waals surface area contributed by atoms with E-state index in [1.54, 1.807) is 27.0 Å². The molecule has 0 fully saturated rings. The van der Waals surface area contributed by atoms with E-state index in [2.05, 4.69) is 41.9 Å². The summed E-state index contributed by atoms with van der Waals surface area (Å²) in [4.78, 5) is 82.3. The van der Waals surface area contributed by atoms with Crippen LogP contribution in [0.3, 0.4) is 0 Å². The van der Waals surface area contributed by atoms with Crippen molar-refractivity contribution in [3.8, 4) is 0 Å². The number of hydrogen-bond acceptors (Lipinski definition) is 15. The van der Waals surface area contributed by atoms with E-state index in [0.717, 1.165) is 0 Å². The Labute approximate surface area is 391 Å². The number of ketones is 2. The van der Waals surface area contributed by atoms with E-state index in [1.165, 1.54) is 15.6 Å². The van der Waals surface area contributed by atoms with E-state index < -0.39 is 40.8 Å². The summed E-state index contributed by atoms with van der Waals surface area (Å²) in [6, 6.07) is -1.23. The van der Waals surface area contributed by atoms with Crippen LogP contribution >= 0.6 is 0 Å². The molecule has 0 unspecified atom stereocenters. The third-order valence-electron chi connectivity index (χ3n) is 8.94. The number of nitrogens with zero attached hydrogens (tertiary/aromatic N) is 6. The first-order valence-corrected chi connectivity index (χ1v) is 21.6. The number of unbranched alkanes of at least 4 members (excludes halogenated alkanes) is 2. The lowest BCUT2D eigenvalue weighted by Crippen LogP contribution is -2.47. The molecule has 6 N–H and O–H groups in total. The highest BCUT2D eigenvalue weighted by molar-refractivity contribution is 5.85. The molecule has 2 aromatic heterocycles. The Kier molecular flexibility index (Phi) is 28.1. The number of Topliss-reactive ketones (excluding diaryl/α,β-unsaturated/α-hetero) is 2. The van der Waals surface area contributed by atoms with Gasteiger partial charge in [0.1, 0.15) is 31.8 Å². The number of esters is 1. The number of nitrogens with one attached hydrogen (secondary N) is 4. The van der Waals surface area contributed by atoms with E-state index in [-0.39, 0.29) is 88.6 Å². The number of carboxylic acid groups (broad SMARTS) is 2. The Bertz CT molecular complexity index is 1820. The number of carboxylic acids is 2. The van der Waals surface area contributed by atoms with Gasteiger partial charge in [0.15, 0.2) is 18.3 Å². The molecule has 21 nitrogen and oxygen atoms in total. The molecule has 2 rings (SSSR count). The van der Waals surface area contributed by atoms with E-state index in [9.17, 15) is 43.8 Å². The first-order valence-electron chi connectivity index (χ1n) is 21.6. The molecule has 0 spiro atoms. The monoisotopic (exact) mass is 939 g/mol. The lowest BCUT2D eigenvalue weighted by atomic mass is 9.91. The minimum absolute atomic E-state index is 0. The van der Waals surface area contributed by atoms with Crippen LogP contribution in [0.2, 0.25) is 0 Å². The third kappa shape index (κ3) is 29.4. The fourth-order valence-corrected chi connectivity index (χ4v) is 5.40. The second-order valence-electron chi connectivity index (χ2n) is 19.8. The molecule has 0 aromatic carbocycles. The van der Waals surface area contributed by atoms with Crippen LogP contribution in [0.5, 0.6) is 0 Å². The molecule has 0 saturated heterocycles. The van der Waals surface area contributed by atoms with Gasteiger partial charge in [-0.2, -0.15) is 0 Å². The molecular weight excluding hydrogens is 857 g/mol. The average Bonchev–Trinajstić information content (AvgIpc) is 3.79. The second kappa shape index (κ2) is 29.5. The Morgan fingerprint density at radius 1 is 0.606 bits per heavy atom. The lowest BCUT2D eigenvalue weighted by molar-refractivity contribution is -0.154. The Hall–Kier alpha value is -5.15. The van der Waals surface area contributed by atoms with Crippen molar-refractivity contribution in [2.75, 3.05) is 26.3 Å². The van der Waals surface area contributed by atoms with Gasteiger partial charge in [-0.05, 0) is 80.1 Å². The molecule has 0 aliphatic rings. The zero-order valence-electron chi connectivity index (χ0n) is 40.0. The van der Waals surface area contributed by atoms with Crippen molar-refractivity contribution in [3.05, 3.63) is 23.8 Å². The zero-order valence-corrected chi connectivity index (χ0v) is 40.0. The van der Waals surface area contributed by atoms with E-state index >= 15 is 0 Å². The summed E-state index contributed by atoms with van der Waals surface area (Å²) in [5.41, 5.74) is -0.652. The molecule has 0 radical (unpaired) electrons. The highest BCUT2D eigenvalue weighted by Crippen LogP contribution is 2.16. The molecule has 2 aromatic rings. The molecule has 2 amide bonds. The maximum absolute atomic E-state index is 12.1. The maximum Gasteiger partial charge on any atom is 0.333 e. The van der Waals surface area contributed by atoms with Crippen LogP contribution in [-0.4, -0.2) is 131 Å². The van der Waals surface area contributed by atoms with Gasteiger partial charge in [0, 0.05) is 41.2 Å². The highest BCUT2D eigenvalue weighted by atomic mass is 16.6. The van der Waals surface area contributed by atoms with Gasteiger partial charge in [0.25, 0.3) is 0 Å². The molecule has 0 aliphatic carbocycles. The van der Waals surface area contributed by atoms with Gasteiger partial charge in [0.05, 0.1) is 30.4 Å². The largest absolute Gasteiger partial charge is 0.480 e. The first kappa shape index (κ1) is 62.9. The van der Waals surface area contributed by atoms with Gasteiger partial charge in [-0.15, -0.1) is 10.2 Å². The summed E-state index contributed by atoms with van der Waals surface area (Å²) in [5, 5.41) is 45.8. The van der Waals surface area contributed by atoms with Gasteiger partial charge >= 0.3 is 17.9 Å². The Morgan fingerprint density at radius 3 is 1.41 bits per heavy atom. The highest BCUT2D eigenvalue weighted by Gasteiger charge is 2.25. The zero-order chi connectivity index (χ0) is 48.9. The summed E-state index contributed by atoms with van der Waals surface area (Å²) < 4.78 is 12.8. The van der Waals surface area contributed by atoms with Gasteiger partial charge < -0.3 is 30.3 Å². The number of aliphatic carboxylic acids is 2. The summed E-state index contributed by atoms with van der Waals surface area (Å²) in [5.74, 6) is -2.90. The smallest absolute Gasteiger partial charge is 0.333 e. The van der Waals surface area contributed by atoms with Crippen LogP contribution in [-0.2, 0) is 69.2 Å². The van der Waals surface area contributed by atoms with Crippen LogP contribution < -0.4 is 21.3 Å². The second-order valence-corrected chi connectivity index (χ2v) is 19.8. The number of hydrogen-bond donors (Lipinski definition) is 6. The maximum atomic E-state index is 12.1. The van der Waals surface area contributed by atoms with Crippen LogP contribution in [0, 0.1) is 10.8 Å². The van der Waals surface area contributed by atoms with Crippen LogP contribution in [0.4, 0.5) is 0 Å². The Balaban J connectivity index is 0. The summed E-state index contributed by atoms with van der Waals surface area (Å²) >= 11 is 0. The van der Waals surface area contributed by atoms with Gasteiger partial charge in [0.2, 0.25) is 11.8 Å². The summed E-state index contributed by atoms with van der Waals surface area (Å²) in [7, 11) is 0. The third-order valence-corrected chi connectivity index (χ3v) is 8.94. The summed E-state index contributed by atoms with van der Waals surface area (Å²) in [6.45, 7) is 22.7. The van der Waals surface area contributed by atoms with Gasteiger partial charge in [-0.3, -0.25) is 39.4 Å². The minimum atomic E-state index is -0.888. The van der Waals surface area contributed by atoms with Crippen molar-refractivity contribution in [3.63, 3.8) is 0 Å². The molecule has 21 heteroatoms. The van der Waals surface area contributed by atoms with E-state index in [0.29, 0.717) is 63.0 Å². The molecule has 0 aliphatic heterocycles. The number of rotatable bonds is 26. The number of carbonyl (C=O) groups is 7. The molecule has 0 bridgehead atoms.